The molecule has 0 aromatic carbocycles. The third-order valence-corrected chi connectivity index (χ3v) is 3.07. The molecule has 1 nitrogen and oxygen atoms in total. The molecule has 12 heavy (non-hydrogen) atoms. The van der Waals surface area contributed by atoms with E-state index in [9.17, 15) is 0 Å². The summed E-state index contributed by atoms with van der Waals surface area (Å²) in [6, 6.07) is 0. The molecule has 0 radical (unpaired) electrons. The van der Waals surface area contributed by atoms with E-state index >= 15 is 0 Å². The summed E-state index contributed by atoms with van der Waals surface area (Å²) in [4.78, 5) is 0. The summed E-state index contributed by atoms with van der Waals surface area (Å²) in [5.41, 5.74) is 2.73. The first kappa shape index (κ1) is 9.53. The van der Waals surface area contributed by atoms with Crippen LogP contribution >= 0.6 is 0 Å². The van der Waals surface area contributed by atoms with Gasteiger partial charge in [0.05, 0.1) is 6.61 Å². The second kappa shape index (κ2) is 3.44. The minimum absolute atomic E-state index is 0.228. The van der Waals surface area contributed by atoms with Gasteiger partial charge >= 0.3 is 0 Å². The van der Waals surface area contributed by atoms with Gasteiger partial charge in [0.2, 0.25) is 0 Å². The zero-order valence-electron chi connectivity index (χ0n) is 8.06. The van der Waals surface area contributed by atoms with Crippen molar-refractivity contribution in [1.29, 1.82) is 0 Å². The number of allylic oxidation sites excluding steroid dienone is 2. The molecule has 0 aliphatic heterocycles. The van der Waals surface area contributed by atoms with Crippen LogP contribution in [0.25, 0.3) is 0 Å². The molecule has 0 aromatic heterocycles. The van der Waals surface area contributed by atoms with Crippen molar-refractivity contribution in [3.63, 3.8) is 0 Å². The molecular weight excluding hydrogens is 148 g/mol. The van der Waals surface area contributed by atoms with E-state index in [-0.39, 0.29) is 12.0 Å². The summed E-state index contributed by atoms with van der Waals surface area (Å²) in [7, 11) is 0. The Kier molecular flexibility index (Phi) is 2.73. The van der Waals surface area contributed by atoms with Gasteiger partial charge in [-0.25, -0.2) is 0 Å². The third-order valence-electron chi connectivity index (χ3n) is 3.07. The van der Waals surface area contributed by atoms with Gasteiger partial charge in [-0.1, -0.05) is 25.2 Å². The Hall–Kier alpha value is -0.560. The number of hydrogen-bond acceptors (Lipinski definition) is 1. The van der Waals surface area contributed by atoms with Crippen molar-refractivity contribution in [2.75, 3.05) is 6.61 Å². The molecule has 0 aromatic rings. The summed E-state index contributed by atoms with van der Waals surface area (Å²) in [6.07, 6.45) is 5.37. The molecule has 1 atom stereocenters. The molecule has 0 spiro atoms. The fourth-order valence-corrected chi connectivity index (χ4v) is 1.54. The lowest BCUT2D eigenvalue weighted by Gasteiger charge is -2.33. The van der Waals surface area contributed by atoms with Crippen molar-refractivity contribution in [3.8, 4) is 0 Å². The summed E-state index contributed by atoms with van der Waals surface area (Å²) in [6.45, 7) is 8.58. The van der Waals surface area contributed by atoms with E-state index in [1.54, 1.807) is 0 Å². The molecule has 1 aliphatic carbocycles. The number of aliphatic hydroxyl groups excluding tert-OH is 1. The summed E-state index contributed by atoms with van der Waals surface area (Å²) >= 11 is 0. The van der Waals surface area contributed by atoms with Crippen LogP contribution in [0.1, 0.15) is 33.1 Å². The van der Waals surface area contributed by atoms with Gasteiger partial charge in [0.15, 0.2) is 0 Å². The Morgan fingerprint density at radius 3 is 2.75 bits per heavy atom. The maximum absolute atomic E-state index is 8.91. The predicted molar refractivity (Wildman–Crippen MR) is 51.9 cm³/mol. The van der Waals surface area contributed by atoms with Crippen molar-refractivity contribution in [1.82, 2.24) is 0 Å². The Bertz CT molecular complexity index is 215. The standard InChI is InChI=1S/C11H18O/c1-9(2)11(3)6-4-10(8-12)5-7-11/h4,12H,1,5-8H2,2-3H3/t11-/m0/s1. The topological polar surface area (TPSA) is 20.2 Å². The van der Waals surface area contributed by atoms with Crippen LogP contribution in [0, 0.1) is 5.41 Å². The first-order chi connectivity index (χ1) is 5.58. The van der Waals surface area contributed by atoms with Crippen molar-refractivity contribution in [2.24, 2.45) is 5.41 Å². The Labute approximate surface area is 74.8 Å². The van der Waals surface area contributed by atoms with Crippen LogP contribution < -0.4 is 0 Å². The van der Waals surface area contributed by atoms with Crippen LogP contribution in [-0.4, -0.2) is 11.7 Å². The number of hydrogen-bond donors (Lipinski definition) is 1. The maximum Gasteiger partial charge on any atom is 0.0641 e. The highest BCUT2D eigenvalue weighted by atomic mass is 16.3. The second-order valence-corrected chi connectivity index (χ2v) is 4.07. The Balaban J connectivity index is 2.67. The largest absolute Gasteiger partial charge is 0.392 e. The smallest absolute Gasteiger partial charge is 0.0641 e. The Morgan fingerprint density at radius 1 is 1.75 bits per heavy atom. The zero-order valence-corrected chi connectivity index (χ0v) is 8.06. The lowest BCUT2D eigenvalue weighted by atomic mass is 9.72. The fourth-order valence-electron chi connectivity index (χ4n) is 1.54. The van der Waals surface area contributed by atoms with E-state index in [0.717, 1.165) is 19.3 Å². The molecule has 0 unspecified atom stereocenters. The molecule has 0 amide bonds. The van der Waals surface area contributed by atoms with Crippen molar-refractivity contribution in [2.45, 2.75) is 33.1 Å². The van der Waals surface area contributed by atoms with Gasteiger partial charge in [-0.05, 0) is 37.2 Å². The van der Waals surface area contributed by atoms with Gasteiger partial charge in [0.25, 0.3) is 0 Å². The zero-order chi connectivity index (χ0) is 9.19. The molecule has 0 saturated carbocycles. The average Bonchev–Trinajstić information content (AvgIpc) is 2.06. The SMILES string of the molecule is C=C(C)[C@@]1(C)CC=C(CO)CC1. The maximum atomic E-state index is 8.91. The van der Waals surface area contributed by atoms with Crippen LogP contribution in [0.15, 0.2) is 23.8 Å². The monoisotopic (exact) mass is 166 g/mol. The summed E-state index contributed by atoms with van der Waals surface area (Å²) in [5.74, 6) is 0. The quantitative estimate of drug-likeness (QED) is 0.625. The molecule has 0 bridgehead atoms. The normalized spacial score (nSPS) is 29.8. The molecule has 0 saturated heterocycles. The van der Waals surface area contributed by atoms with E-state index in [1.165, 1.54) is 11.1 Å². The number of aliphatic hydroxyl groups is 1. The highest BCUT2D eigenvalue weighted by molar-refractivity contribution is 5.17. The molecule has 1 rings (SSSR count). The molecule has 1 N–H and O–H groups in total. The van der Waals surface area contributed by atoms with Crippen LogP contribution in [0.2, 0.25) is 0 Å². The fraction of sp³-hybridized carbons (Fsp3) is 0.636. The highest BCUT2D eigenvalue weighted by Crippen LogP contribution is 2.39. The molecule has 0 fully saturated rings. The second-order valence-electron chi connectivity index (χ2n) is 4.07. The highest BCUT2D eigenvalue weighted by Gasteiger charge is 2.26. The average molecular weight is 166 g/mol. The van der Waals surface area contributed by atoms with Gasteiger partial charge in [0.1, 0.15) is 0 Å². The van der Waals surface area contributed by atoms with Gasteiger partial charge < -0.3 is 5.11 Å². The summed E-state index contributed by atoms with van der Waals surface area (Å²) < 4.78 is 0. The van der Waals surface area contributed by atoms with Gasteiger partial charge in [0, 0.05) is 0 Å². The third kappa shape index (κ3) is 1.78. The van der Waals surface area contributed by atoms with E-state index < -0.39 is 0 Å². The van der Waals surface area contributed by atoms with Gasteiger partial charge in [-0.2, -0.15) is 0 Å². The predicted octanol–water partition coefficient (Wildman–Crippen LogP) is 2.67. The Morgan fingerprint density at radius 2 is 2.42 bits per heavy atom. The molecule has 1 aliphatic rings. The van der Waals surface area contributed by atoms with Crippen LogP contribution in [0.4, 0.5) is 0 Å². The molecule has 1 heteroatoms. The lowest BCUT2D eigenvalue weighted by molar-refractivity contribution is 0.297. The van der Waals surface area contributed by atoms with E-state index in [0.29, 0.717) is 0 Å². The van der Waals surface area contributed by atoms with E-state index in [1.807, 2.05) is 0 Å². The summed E-state index contributed by atoms with van der Waals surface area (Å²) in [5, 5.41) is 8.91. The number of rotatable bonds is 2. The minimum atomic E-state index is 0.228. The van der Waals surface area contributed by atoms with Crippen molar-refractivity contribution in [3.05, 3.63) is 23.8 Å². The van der Waals surface area contributed by atoms with E-state index in [4.69, 9.17) is 5.11 Å². The van der Waals surface area contributed by atoms with Crippen LogP contribution in [0.3, 0.4) is 0 Å². The van der Waals surface area contributed by atoms with Crippen LogP contribution in [0.5, 0.6) is 0 Å². The first-order valence-electron chi connectivity index (χ1n) is 4.53. The van der Waals surface area contributed by atoms with Crippen LogP contribution in [-0.2, 0) is 0 Å². The minimum Gasteiger partial charge on any atom is -0.392 e. The van der Waals surface area contributed by atoms with Crippen molar-refractivity contribution >= 4 is 0 Å². The lowest BCUT2D eigenvalue weighted by Crippen LogP contribution is -2.20. The van der Waals surface area contributed by atoms with Gasteiger partial charge in [-0.15, -0.1) is 0 Å². The molecule has 68 valence electrons. The van der Waals surface area contributed by atoms with E-state index in [2.05, 4.69) is 26.5 Å². The first-order valence-corrected chi connectivity index (χ1v) is 4.53. The molecule has 0 heterocycles. The molecular formula is C11H18O. The van der Waals surface area contributed by atoms with Crippen molar-refractivity contribution < 1.29 is 5.11 Å². The van der Waals surface area contributed by atoms with Gasteiger partial charge in [-0.3, -0.25) is 0 Å².